The molecule has 2 heterocycles. The third-order valence-electron chi connectivity index (χ3n) is 5.07. The molecule has 0 spiro atoms. The van der Waals surface area contributed by atoms with Crippen molar-refractivity contribution < 1.29 is 13.2 Å². The van der Waals surface area contributed by atoms with E-state index >= 15 is 0 Å². The molecule has 2 aromatic carbocycles. The van der Waals surface area contributed by atoms with Crippen LogP contribution in [0.25, 0.3) is 0 Å². The molecule has 1 saturated heterocycles. The molecular formula is C22H22ClN3O3S2. The molecule has 162 valence electrons. The lowest BCUT2D eigenvalue weighted by atomic mass is 10.1. The molecular weight excluding hydrogens is 454 g/mol. The van der Waals surface area contributed by atoms with Gasteiger partial charge in [-0.3, -0.25) is 9.52 Å². The molecule has 0 bridgehead atoms. The number of piperidine rings is 1. The summed E-state index contributed by atoms with van der Waals surface area (Å²) in [5.74, 6) is -0.275. The van der Waals surface area contributed by atoms with E-state index in [-0.39, 0.29) is 10.8 Å². The number of nitrogens with one attached hydrogen (secondary N) is 2. The molecule has 1 aromatic heterocycles. The highest BCUT2D eigenvalue weighted by Crippen LogP contribution is 2.33. The van der Waals surface area contributed by atoms with E-state index in [1.54, 1.807) is 48.5 Å². The first kappa shape index (κ1) is 21.7. The van der Waals surface area contributed by atoms with Crippen LogP contribution in [0.5, 0.6) is 0 Å². The molecule has 0 atom stereocenters. The van der Waals surface area contributed by atoms with Crippen LogP contribution in [0.4, 0.5) is 17.1 Å². The van der Waals surface area contributed by atoms with Crippen LogP contribution in [0.15, 0.2) is 64.9 Å². The van der Waals surface area contributed by atoms with Gasteiger partial charge in [-0.25, -0.2) is 8.42 Å². The number of carbonyl (C=O) groups is 1. The first-order valence-electron chi connectivity index (χ1n) is 9.95. The average molecular weight is 476 g/mol. The summed E-state index contributed by atoms with van der Waals surface area (Å²) in [6, 6.07) is 15.2. The fourth-order valence-corrected chi connectivity index (χ4v) is 5.74. The summed E-state index contributed by atoms with van der Waals surface area (Å²) in [5.41, 5.74) is 1.34. The van der Waals surface area contributed by atoms with Gasteiger partial charge in [-0.05, 0) is 61.0 Å². The Bertz CT molecular complexity index is 1170. The zero-order valence-electron chi connectivity index (χ0n) is 16.7. The highest BCUT2D eigenvalue weighted by atomic mass is 35.5. The Balaban J connectivity index is 1.71. The summed E-state index contributed by atoms with van der Waals surface area (Å²) < 4.78 is 29.3. The van der Waals surface area contributed by atoms with Gasteiger partial charge >= 0.3 is 0 Å². The predicted octanol–water partition coefficient (Wildman–Crippen LogP) is 5.44. The summed E-state index contributed by atoms with van der Waals surface area (Å²) in [7, 11) is -3.95. The largest absolute Gasteiger partial charge is 0.370 e. The van der Waals surface area contributed by atoms with Gasteiger partial charge in [0.05, 0.1) is 21.3 Å². The minimum Gasteiger partial charge on any atom is -0.370 e. The first-order valence-corrected chi connectivity index (χ1v) is 12.7. The van der Waals surface area contributed by atoms with Crippen molar-refractivity contribution in [1.29, 1.82) is 0 Å². The lowest BCUT2D eigenvalue weighted by Crippen LogP contribution is -2.31. The summed E-state index contributed by atoms with van der Waals surface area (Å²) in [5, 5.41) is 4.93. The van der Waals surface area contributed by atoms with E-state index in [0.29, 0.717) is 27.0 Å². The molecule has 1 aliphatic heterocycles. The number of anilines is 3. The number of rotatable bonds is 6. The van der Waals surface area contributed by atoms with Crippen molar-refractivity contribution in [3.8, 4) is 0 Å². The van der Waals surface area contributed by atoms with Crippen molar-refractivity contribution in [2.75, 3.05) is 28.0 Å². The number of hydrogen-bond acceptors (Lipinski definition) is 5. The maximum atomic E-state index is 13.4. The first-order chi connectivity index (χ1) is 14.9. The quantitative estimate of drug-likeness (QED) is 0.497. The van der Waals surface area contributed by atoms with Crippen LogP contribution in [0, 0.1) is 0 Å². The third-order valence-corrected chi connectivity index (χ3v) is 7.66. The summed E-state index contributed by atoms with van der Waals surface area (Å²) in [6.45, 7) is 1.57. The van der Waals surface area contributed by atoms with Crippen molar-refractivity contribution in [2.24, 2.45) is 0 Å². The minimum absolute atomic E-state index is 0.110. The predicted molar refractivity (Wildman–Crippen MR) is 127 cm³/mol. The SMILES string of the molecule is O=C(Nc1ccc(N2CCCCC2)c(S(=O)(=O)Nc2ccccc2Cl)c1)c1cccs1. The van der Waals surface area contributed by atoms with Crippen LogP contribution in [-0.4, -0.2) is 27.4 Å². The maximum absolute atomic E-state index is 13.4. The van der Waals surface area contributed by atoms with Gasteiger partial charge in [-0.15, -0.1) is 11.3 Å². The van der Waals surface area contributed by atoms with E-state index in [2.05, 4.69) is 14.9 Å². The highest BCUT2D eigenvalue weighted by molar-refractivity contribution is 7.93. The number of para-hydroxylation sites is 1. The molecule has 0 saturated carbocycles. The lowest BCUT2D eigenvalue weighted by Gasteiger charge is -2.30. The molecule has 1 fully saturated rings. The van der Waals surface area contributed by atoms with Crippen molar-refractivity contribution in [3.05, 3.63) is 69.9 Å². The standard InChI is InChI=1S/C22H22ClN3O3S2/c23-17-7-2-3-8-18(17)25-31(28,29)21-15-16(24-22(27)20-9-6-14-30-20)10-11-19(21)26-12-4-1-5-13-26/h2-3,6-11,14-15,25H,1,4-5,12-13H2,(H,24,27). The Morgan fingerprint density at radius 1 is 1.00 bits per heavy atom. The molecule has 6 nitrogen and oxygen atoms in total. The number of sulfonamides is 1. The number of carbonyl (C=O) groups excluding carboxylic acids is 1. The van der Waals surface area contributed by atoms with E-state index in [4.69, 9.17) is 11.6 Å². The van der Waals surface area contributed by atoms with Crippen molar-refractivity contribution in [1.82, 2.24) is 0 Å². The molecule has 2 N–H and O–H groups in total. The van der Waals surface area contributed by atoms with Gasteiger partial charge in [0.2, 0.25) is 0 Å². The van der Waals surface area contributed by atoms with Crippen LogP contribution in [0.1, 0.15) is 28.9 Å². The van der Waals surface area contributed by atoms with Gasteiger partial charge in [0.1, 0.15) is 4.90 Å². The van der Waals surface area contributed by atoms with Crippen LogP contribution in [0.2, 0.25) is 5.02 Å². The smallest absolute Gasteiger partial charge is 0.265 e. The Morgan fingerprint density at radius 3 is 2.48 bits per heavy atom. The number of halogens is 1. The number of hydrogen-bond donors (Lipinski definition) is 2. The number of thiophene rings is 1. The molecule has 0 unspecified atom stereocenters. The fourth-order valence-electron chi connectivity index (χ4n) is 3.55. The maximum Gasteiger partial charge on any atom is 0.265 e. The Hall–Kier alpha value is -2.55. The topological polar surface area (TPSA) is 78.5 Å². The monoisotopic (exact) mass is 475 g/mol. The van der Waals surface area contributed by atoms with Gasteiger partial charge in [0, 0.05) is 18.8 Å². The van der Waals surface area contributed by atoms with Gasteiger partial charge in [0.15, 0.2) is 0 Å². The second-order valence-corrected chi connectivity index (χ2v) is 10.3. The zero-order valence-corrected chi connectivity index (χ0v) is 19.1. The van der Waals surface area contributed by atoms with Crippen LogP contribution < -0.4 is 14.9 Å². The Labute approximate surface area is 190 Å². The van der Waals surface area contributed by atoms with Crippen LogP contribution in [-0.2, 0) is 10.0 Å². The molecule has 0 aliphatic carbocycles. The lowest BCUT2D eigenvalue weighted by molar-refractivity contribution is 0.103. The fraction of sp³-hybridized carbons (Fsp3) is 0.227. The highest BCUT2D eigenvalue weighted by Gasteiger charge is 2.25. The van der Waals surface area contributed by atoms with E-state index in [0.717, 1.165) is 32.4 Å². The van der Waals surface area contributed by atoms with E-state index in [1.807, 2.05) is 5.38 Å². The summed E-state index contributed by atoms with van der Waals surface area (Å²) in [4.78, 5) is 15.2. The number of amides is 1. The van der Waals surface area contributed by atoms with Crippen molar-refractivity contribution >= 4 is 55.9 Å². The molecule has 1 aliphatic rings. The second-order valence-electron chi connectivity index (χ2n) is 7.25. The summed E-state index contributed by atoms with van der Waals surface area (Å²) in [6.07, 6.45) is 3.15. The molecule has 9 heteroatoms. The molecule has 4 rings (SSSR count). The van der Waals surface area contributed by atoms with Gasteiger partial charge in [0.25, 0.3) is 15.9 Å². The second kappa shape index (κ2) is 9.30. The van der Waals surface area contributed by atoms with E-state index in [1.165, 1.54) is 17.4 Å². The Kier molecular flexibility index (Phi) is 6.50. The normalized spacial score (nSPS) is 14.3. The van der Waals surface area contributed by atoms with Crippen LogP contribution >= 0.6 is 22.9 Å². The zero-order chi connectivity index (χ0) is 21.8. The van der Waals surface area contributed by atoms with Gasteiger partial charge in [-0.1, -0.05) is 29.8 Å². The molecule has 3 aromatic rings. The van der Waals surface area contributed by atoms with E-state index < -0.39 is 10.0 Å². The minimum atomic E-state index is -3.95. The van der Waals surface area contributed by atoms with Crippen molar-refractivity contribution in [2.45, 2.75) is 24.2 Å². The van der Waals surface area contributed by atoms with Gasteiger partial charge < -0.3 is 10.2 Å². The number of nitrogens with zero attached hydrogens (tertiary/aromatic N) is 1. The molecule has 0 radical (unpaired) electrons. The molecule has 31 heavy (non-hydrogen) atoms. The third kappa shape index (κ3) is 5.03. The Morgan fingerprint density at radius 2 is 1.77 bits per heavy atom. The van der Waals surface area contributed by atoms with Gasteiger partial charge in [-0.2, -0.15) is 0 Å². The van der Waals surface area contributed by atoms with Crippen molar-refractivity contribution in [3.63, 3.8) is 0 Å². The average Bonchev–Trinajstić information content (AvgIpc) is 3.31. The van der Waals surface area contributed by atoms with E-state index in [9.17, 15) is 13.2 Å². The van der Waals surface area contributed by atoms with Crippen LogP contribution in [0.3, 0.4) is 0 Å². The molecule has 1 amide bonds. The number of benzene rings is 2. The summed E-state index contributed by atoms with van der Waals surface area (Å²) >= 11 is 7.49.